The molecule has 0 aliphatic rings. The van der Waals surface area contributed by atoms with Crippen LogP contribution in [0.4, 0.5) is 5.69 Å². The number of hydrogen-bond acceptors (Lipinski definition) is 7. The normalized spacial score (nSPS) is 11.2. The van der Waals surface area contributed by atoms with E-state index in [1.54, 1.807) is 0 Å². The van der Waals surface area contributed by atoms with Crippen molar-refractivity contribution in [1.29, 1.82) is 0 Å². The van der Waals surface area contributed by atoms with Gasteiger partial charge in [-0.3, -0.25) is 24.5 Å². The summed E-state index contributed by atoms with van der Waals surface area (Å²) < 4.78 is 9.58. The maximum atomic E-state index is 12.0. The number of ether oxygens (including phenoxy) is 2. The molecule has 10 heteroatoms. The standard InChI is InChI=1S/C16H21N3O7/c1-4-10(2)18-14(20)9-26-15(21)8-17-16(22)11-5-6-13(25-3)12(7-11)19(23)24/h5-7,10H,4,8-9H2,1-3H3,(H,17,22)(H,18,20)/t10-/m0/s1. The number of amides is 2. The van der Waals surface area contributed by atoms with Crippen LogP contribution in [0.5, 0.6) is 5.75 Å². The van der Waals surface area contributed by atoms with E-state index in [-0.39, 0.29) is 23.0 Å². The van der Waals surface area contributed by atoms with E-state index in [4.69, 9.17) is 9.47 Å². The van der Waals surface area contributed by atoms with Crippen LogP contribution in [-0.2, 0) is 14.3 Å². The van der Waals surface area contributed by atoms with Gasteiger partial charge < -0.3 is 20.1 Å². The average Bonchev–Trinajstić information content (AvgIpc) is 2.63. The van der Waals surface area contributed by atoms with Gasteiger partial charge in [-0.25, -0.2) is 0 Å². The summed E-state index contributed by atoms with van der Waals surface area (Å²) in [6.45, 7) is 2.78. The van der Waals surface area contributed by atoms with Gasteiger partial charge in [-0.15, -0.1) is 0 Å². The molecule has 2 N–H and O–H groups in total. The highest BCUT2D eigenvalue weighted by atomic mass is 16.6. The second-order valence-corrected chi connectivity index (χ2v) is 5.36. The van der Waals surface area contributed by atoms with E-state index in [0.717, 1.165) is 12.5 Å². The Kier molecular flexibility index (Phi) is 8.00. The van der Waals surface area contributed by atoms with Crippen molar-refractivity contribution in [3.05, 3.63) is 33.9 Å². The largest absolute Gasteiger partial charge is 0.490 e. The van der Waals surface area contributed by atoms with Crippen LogP contribution < -0.4 is 15.4 Å². The topological polar surface area (TPSA) is 137 Å². The highest BCUT2D eigenvalue weighted by Crippen LogP contribution is 2.27. The van der Waals surface area contributed by atoms with Crippen LogP contribution in [0.1, 0.15) is 30.6 Å². The molecule has 1 atom stereocenters. The van der Waals surface area contributed by atoms with Crippen molar-refractivity contribution < 1.29 is 28.8 Å². The molecule has 26 heavy (non-hydrogen) atoms. The summed E-state index contributed by atoms with van der Waals surface area (Å²) in [5.41, 5.74) is -0.385. The minimum Gasteiger partial charge on any atom is -0.490 e. The summed E-state index contributed by atoms with van der Waals surface area (Å²) in [5.74, 6) is -1.93. The highest BCUT2D eigenvalue weighted by molar-refractivity contribution is 5.96. The van der Waals surface area contributed by atoms with Gasteiger partial charge in [0.25, 0.3) is 11.8 Å². The van der Waals surface area contributed by atoms with Crippen molar-refractivity contribution in [3.8, 4) is 5.75 Å². The van der Waals surface area contributed by atoms with Crippen molar-refractivity contribution in [3.63, 3.8) is 0 Å². The van der Waals surface area contributed by atoms with Crippen molar-refractivity contribution in [2.45, 2.75) is 26.3 Å². The van der Waals surface area contributed by atoms with E-state index in [1.165, 1.54) is 19.2 Å². The molecule has 0 aliphatic carbocycles. The van der Waals surface area contributed by atoms with Crippen LogP contribution in [0.15, 0.2) is 18.2 Å². The summed E-state index contributed by atoms with van der Waals surface area (Å²) >= 11 is 0. The molecule has 0 spiro atoms. The Bertz CT molecular complexity index is 690. The van der Waals surface area contributed by atoms with E-state index < -0.39 is 35.9 Å². The number of nitro benzene ring substituents is 1. The van der Waals surface area contributed by atoms with Gasteiger partial charge >= 0.3 is 11.7 Å². The fraction of sp³-hybridized carbons (Fsp3) is 0.438. The van der Waals surface area contributed by atoms with Gasteiger partial charge in [-0.2, -0.15) is 0 Å². The lowest BCUT2D eigenvalue weighted by molar-refractivity contribution is -0.385. The first-order valence-corrected chi connectivity index (χ1v) is 7.84. The molecule has 0 aliphatic heterocycles. The zero-order chi connectivity index (χ0) is 19.7. The van der Waals surface area contributed by atoms with Crippen molar-refractivity contribution in [2.75, 3.05) is 20.3 Å². The molecular formula is C16H21N3O7. The lowest BCUT2D eigenvalue weighted by atomic mass is 10.1. The van der Waals surface area contributed by atoms with Gasteiger partial charge in [0, 0.05) is 17.7 Å². The number of benzene rings is 1. The molecule has 1 rings (SSSR count). The van der Waals surface area contributed by atoms with Crippen LogP contribution in [-0.4, -0.2) is 49.0 Å². The molecule has 142 valence electrons. The lowest BCUT2D eigenvalue weighted by Gasteiger charge is -2.11. The maximum Gasteiger partial charge on any atom is 0.325 e. The first kappa shape index (κ1) is 20.9. The fourth-order valence-electron chi connectivity index (χ4n) is 1.84. The second kappa shape index (κ2) is 9.97. The molecule has 2 amide bonds. The molecule has 1 aromatic rings. The third kappa shape index (κ3) is 6.38. The summed E-state index contributed by atoms with van der Waals surface area (Å²) in [7, 11) is 1.27. The number of carbonyl (C=O) groups is 3. The van der Waals surface area contributed by atoms with Crippen LogP contribution >= 0.6 is 0 Å². The quantitative estimate of drug-likeness (QED) is 0.374. The molecule has 0 radical (unpaired) electrons. The van der Waals surface area contributed by atoms with Crippen molar-refractivity contribution in [2.24, 2.45) is 0 Å². The van der Waals surface area contributed by atoms with Crippen LogP contribution in [0.2, 0.25) is 0 Å². The molecule has 10 nitrogen and oxygen atoms in total. The van der Waals surface area contributed by atoms with Gasteiger partial charge in [-0.05, 0) is 25.5 Å². The molecule has 0 saturated carbocycles. The Morgan fingerprint density at radius 2 is 2.00 bits per heavy atom. The Labute approximate surface area is 150 Å². The van der Waals surface area contributed by atoms with E-state index in [0.29, 0.717) is 0 Å². The van der Waals surface area contributed by atoms with Gasteiger partial charge in [-0.1, -0.05) is 6.92 Å². The Morgan fingerprint density at radius 3 is 2.58 bits per heavy atom. The molecular weight excluding hydrogens is 346 g/mol. The number of nitrogens with one attached hydrogen (secondary N) is 2. The van der Waals surface area contributed by atoms with Crippen molar-refractivity contribution >= 4 is 23.5 Å². The first-order chi connectivity index (χ1) is 12.3. The fourth-order valence-corrected chi connectivity index (χ4v) is 1.84. The summed E-state index contributed by atoms with van der Waals surface area (Å²) in [4.78, 5) is 45.3. The van der Waals surface area contributed by atoms with Gasteiger partial charge in [0.05, 0.1) is 12.0 Å². The van der Waals surface area contributed by atoms with Crippen LogP contribution in [0.3, 0.4) is 0 Å². The van der Waals surface area contributed by atoms with Crippen LogP contribution in [0.25, 0.3) is 0 Å². The minimum absolute atomic E-state index is 0.0123. The molecule has 1 aromatic carbocycles. The lowest BCUT2D eigenvalue weighted by Crippen LogP contribution is -2.37. The number of methoxy groups -OCH3 is 1. The van der Waals surface area contributed by atoms with Gasteiger partial charge in [0.2, 0.25) is 0 Å². The Hall–Kier alpha value is -3.17. The number of nitrogens with zero attached hydrogens (tertiary/aromatic N) is 1. The number of esters is 1. The molecule has 0 fully saturated rings. The molecule has 0 aromatic heterocycles. The predicted molar refractivity (Wildman–Crippen MR) is 90.8 cm³/mol. The number of nitro groups is 1. The Balaban J connectivity index is 2.53. The predicted octanol–water partition coefficient (Wildman–Crippen LogP) is 0.791. The summed E-state index contributed by atoms with van der Waals surface area (Å²) in [6.07, 6.45) is 0.740. The van der Waals surface area contributed by atoms with E-state index in [9.17, 15) is 24.5 Å². The first-order valence-electron chi connectivity index (χ1n) is 7.84. The second-order valence-electron chi connectivity index (χ2n) is 5.36. The third-order valence-corrected chi connectivity index (χ3v) is 3.42. The summed E-state index contributed by atoms with van der Waals surface area (Å²) in [6, 6.07) is 3.61. The Morgan fingerprint density at radius 1 is 1.31 bits per heavy atom. The van der Waals surface area contributed by atoms with Crippen molar-refractivity contribution in [1.82, 2.24) is 10.6 Å². The van der Waals surface area contributed by atoms with E-state index >= 15 is 0 Å². The zero-order valence-electron chi connectivity index (χ0n) is 14.7. The monoisotopic (exact) mass is 367 g/mol. The SMILES string of the molecule is CC[C@H](C)NC(=O)COC(=O)CNC(=O)c1ccc(OC)c([N+](=O)[O-])c1. The maximum absolute atomic E-state index is 12.0. The number of hydrogen-bond donors (Lipinski definition) is 2. The average molecular weight is 367 g/mol. The smallest absolute Gasteiger partial charge is 0.325 e. The molecule has 0 saturated heterocycles. The van der Waals surface area contributed by atoms with Crippen LogP contribution in [0, 0.1) is 10.1 Å². The number of carbonyl (C=O) groups excluding carboxylic acids is 3. The van der Waals surface area contributed by atoms with Gasteiger partial charge in [0.15, 0.2) is 12.4 Å². The molecule has 0 unspecified atom stereocenters. The third-order valence-electron chi connectivity index (χ3n) is 3.42. The highest BCUT2D eigenvalue weighted by Gasteiger charge is 2.19. The molecule has 0 bridgehead atoms. The van der Waals surface area contributed by atoms with Gasteiger partial charge in [0.1, 0.15) is 6.54 Å². The minimum atomic E-state index is -0.805. The van der Waals surface area contributed by atoms with E-state index in [1.807, 2.05) is 13.8 Å². The number of rotatable bonds is 9. The molecule has 0 heterocycles. The van der Waals surface area contributed by atoms with E-state index in [2.05, 4.69) is 10.6 Å². The summed E-state index contributed by atoms with van der Waals surface area (Å²) in [5, 5.41) is 15.8. The zero-order valence-corrected chi connectivity index (χ0v) is 14.7.